The molecule has 0 bridgehead atoms. The Hall–Kier alpha value is -0.109. The Labute approximate surface area is 144 Å². The monoisotopic (exact) mass is 380 g/mol. The molecule has 0 unspecified atom stereocenters. The van der Waals surface area contributed by atoms with Crippen LogP contribution in [-0.4, -0.2) is 68.3 Å². The molecule has 0 aliphatic heterocycles. The molecular formula is C14H32O6Si3. The number of hydrogen-bond acceptors (Lipinski definition) is 6. The number of rotatable bonds is 12. The molecule has 0 heterocycles. The van der Waals surface area contributed by atoms with E-state index in [-0.39, 0.29) is 0 Å². The summed E-state index contributed by atoms with van der Waals surface area (Å²) in [5, 5.41) is 0. The van der Waals surface area contributed by atoms with Crippen LogP contribution in [0.5, 0.6) is 0 Å². The van der Waals surface area contributed by atoms with Crippen molar-refractivity contribution >= 4 is 25.7 Å². The molecular weight excluding hydrogens is 348 g/mol. The van der Waals surface area contributed by atoms with Gasteiger partial charge in [0.2, 0.25) is 0 Å². The van der Waals surface area contributed by atoms with E-state index in [1.807, 2.05) is 0 Å². The zero-order valence-electron chi connectivity index (χ0n) is 15.8. The maximum Gasteiger partial charge on any atom is 0.527 e. The first-order valence-corrected chi connectivity index (χ1v) is 13.4. The van der Waals surface area contributed by atoms with Gasteiger partial charge in [0.05, 0.1) is 0 Å². The van der Waals surface area contributed by atoms with Crippen LogP contribution in [0.1, 0.15) is 13.8 Å². The van der Waals surface area contributed by atoms with Crippen molar-refractivity contribution in [3.8, 4) is 0 Å². The van der Waals surface area contributed by atoms with E-state index < -0.39 is 25.7 Å². The minimum Gasteiger partial charge on any atom is -0.374 e. The van der Waals surface area contributed by atoms with Crippen LogP contribution < -0.4 is 0 Å². The topological polar surface area (TPSA) is 55.4 Å². The average molecular weight is 381 g/mol. The van der Waals surface area contributed by atoms with Crippen LogP contribution in [0, 0.1) is 0 Å². The van der Waals surface area contributed by atoms with Crippen LogP contribution in [0.3, 0.4) is 0 Å². The van der Waals surface area contributed by atoms with Gasteiger partial charge in [-0.1, -0.05) is 25.9 Å². The van der Waals surface area contributed by atoms with E-state index in [1.165, 1.54) is 0 Å². The maximum atomic E-state index is 5.65. The molecule has 0 radical (unpaired) electrons. The molecule has 0 amide bonds. The van der Waals surface area contributed by atoms with Gasteiger partial charge in [0.15, 0.2) is 0 Å². The fourth-order valence-electron chi connectivity index (χ4n) is 3.11. The van der Waals surface area contributed by atoms with Crippen LogP contribution in [0.2, 0.25) is 12.1 Å². The lowest BCUT2D eigenvalue weighted by Gasteiger charge is -2.43. The molecule has 0 aliphatic rings. The normalized spacial score (nSPS) is 13.2. The molecule has 6 nitrogen and oxygen atoms in total. The van der Waals surface area contributed by atoms with Crippen LogP contribution in [-0.2, 0) is 26.6 Å². The van der Waals surface area contributed by atoms with Crippen LogP contribution in [0.25, 0.3) is 0 Å². The number of hydrogen-bond donors (Lipinski definition) is 0. The van der Waals surface area contributed by atoms with Gasteiger partial charge in [-0.05, 0) is 9.64 Å². The van der Waals surface area contributed by atoms with Crippen LogP contribution in [0.15, 0.2) is 22.8 Å². The lowest BCUT2D eigenvalue weighted by molar-refractivity contribution is 0.135. The summed E-state index contributed by atoms with van der Waals surface area (Å²) in [6, 6.07) is 1.72. The van der Waals surface area contributed by atoms with Gasteiger partial charge in [0.1, 0.15) is 8.07 Å². The lowest BCUT2D eigenvalue weighted by Crippen LogP contribution is -2.62. The Morgan fingerprint density at radius 1 is 0.609 bits per heavy atom. The molecule has 136 valence electrons. The maximum absolute atomic E-state index is 5.65. The summed E-state index contributed by atoms with van der Waals surface area (Å²) in [7, 11) is 1.14. The zero-order valence-corrected chi connectivity index (χ0v) is 18.8. The molecule has 0 aromatic heterocycles. The van der Waals surface area contributed by atoms with Crippen molar-refractivity contribution in [1.29, 1.82) is 0 Å². The molecule has 23 heavy (non-hydrogen) atoms. The molecule has 0 aromatic rings. The van der Waals surface area contributed by atoms with Crippen molar-refractivity contribution in [1.82, 2.24) is 0 Å². The summed E-state index contributed by atoms with van der Waals surface area (Å²) in [6.45, 7) is 12.9. The third kappa shape index (κ3) is 3.78. The van der Waals surface area contributed by atoms with Gasteiger partial charge in [-0.15, -0.1) is 13.2 Å². The lowest BCUT2D eigenvalue weighted by atomic mass is 10.9. The second-order valence-corrected chi connectivity index (χ2v) is 16.8. The Bertz CT molecular complexity index is 353. The second-order valence-electron chi connectivity index (χ2n) is 5.08. The minimum absolute atomic E-state index is 0.858. The van der Waals surface area contributed by atoms with E-state index in [0.717, 1.165) is 21.7 Å². The summed E-state index contributed by atoms with van der Waals surface area (Å²) in [4.78, 5) is 1.74. The molecule has 0 fully saturated rings. The first-order valence-electron chi connectivity index (χ1n) is 7.50. The summed E-state index contributed by atoms with van der Waals surface area (Å²) in [5.74, 6) is 0. The van der Waals surface area contributed by atoms with E-state index in [0.29, 0.717) is 0 Å². The zero-order chi connectivity index (χ0) is 18.3. The van der Waals surface area contributed by atoms with E-state index in [2.05, 4.69) is 27.0 Å². The largest absolute Gasteiger partial charge is 0.527 e. The Kier molecular flexibility index (Phi) is 9.35. The molecule has 0 aliphatic carbocycles. The molecule has 9 heteroatoms. The van der Waals surface area contributed by atoms with Crippen LogP contribution in [0.4, 0.5) is 0 Å². The highest BCUT2D eigenvalue weighted by atomic mass is 28.5. The third-order valence-electron chi connectivity index (χ3n) is 4.71. The molecule has 0 saturated heterocycles. The van der Waals surface area contributed by atoms with Gasteiger partial charge in [-0.25, -0.2) is 0 Å². The smallest absolute Gasteiger partial charge is 0.374 e. The average Bonchev–Trinajstić information content (AvgIpc) is 2.61. The summed E-state index contributed by atoms with van der Waals surface area (Å²) >= 11 is 0. The molecule has 0 atom stereocenters. The van der Waals surface area contributed by atoms with Crippen molar-refractivity contribution in [3.05, 3.63) is 22.8 Å². The first-order chi connectivity index (χ1) is 10.8. The van der Waals surface area contributed by atoms with E-state index in [9.17, 15) is 0 Å². The van der Waals surface area contributed by atoms with Crippen molar-refractivity contribution in [2.24, 2.45) is 0 Å². The quantitative estimate of drug-likeness (QED) is 0.485. The van der Waals surface area contributed by atoms with Gasteiger partial charge in [-0.3, -0.25) is 0 Å². The van der Waals surface area contributed by atoms with E-state index in [4.69, 9.17) is 26.6 Å². The highest BCUT2D eigenvalue weighted by Gasteiger charge is 2.59. The predicted octanol–water partition coefficient (Wildman–Crippen LogP) is 2.50. The van der Waals surface area contributed by atoms with Crippen LogP contribution >= 0.6 is 0 Å². The summed E-state index contributed by atoms with van der Waals surface area (Å²) in [5.41, 5.74) is 0. The minimum atomic E-state index is -3.02. The molecule has 0 aromatic carbocycles. The summed E-state index contributed by atoms with van der Waals surface area (Å²) in [6.07, 6.45) is 0. The summed E-state index contributed by atoms with van der Waals surface area (Å²) < 4.78 is 33.9. The molecule has 0 spiro atoms. The molecule has 0 saturated carbocycles. The fraction of sp³-hybridized carbons (Fsp3) is 0.714. The predicted molar refractivity (Wildman–Crippen MR) is 98.6 cm³/mol. The van der Waals surface area contributed by atoms with Crippen molar-refractivity contribution in [3.63, 3.8) is 0 Å². The Morgan fingerprint density at radius 3 is 0.957 bits per heavy atom. The third-order valence-corrected chi connectivity index (χ3v) is 18.9. The van der Waals surface area contributed by atoms with Gasteiger partial charge in [0.25, 0.3) is 0 Å². The molecule has 0 rings (SSSR count). The van der Waals surface area contributed by atoms with E-state index in [1.54, 1.807) is 42.7 Å². The highest BCUT2D eigenvalue weighted by Crippen LogP contribution is 2.40. The van der Waals surface area contributed by atoms with Gasteiger partial charge in [-0.2, -0.15) is 0 Å². The molecule has 0 N–H and O–H groups in total. The Balaban J connectivity index is 6.21. The SMILES string of the molecule is C=C([Si](OC)(OC)OC)[Si](CC)(CC)C(=C)[Si](OC)(OC)OC. The highest BCUT2D eigenvalue weighted by molar-refractivity contribution is 7.12. The van der Waals surface area contributed by atoms with Crippen molar-refractivity contribution in [2.75, 3.05) is 42.7 Å². The van der Waals surface area contributed by atoms with Gasteiger partial charge in [0, 0.05) is 42.7 Å². The first kappa shape index (κ1) is 22.9. The standard InChI is InChI=1S/C14H32O6Si3/c1-11-21(12-2,13(3)22(15-5,16-6)17-7)14(4)23(18-8,19-9)20-10/h3-4,11-12H2,1-2,5-10H3. The van der Waals surface area contributed by atoms with Gasteiger partial charge >= 0.3 is 17.6 Å². The van der Waals surface area contributed by atoms with Crippen molar-refractivity contribution in [2.45, 2.75) is 25.9 Å². The second kappa shape index (κ2) is 9.39. The van der Waals surface area contributed by atoms with E-state index >= 15 is 0 Å². The van der Waals surface area contributed by atoms with Gasteiger partial charge < -0.3 is 26.6 Å². The fourth-order valence-corrected chi connectivity index (χ4v) is 18.1. The van der Waals surface area contributed by atoms with Crippen molar-refractivity contribution < 1.29 is 26.6 Å². The Morgan fingerprint density at radius 2 is 0.826 bits per heavy atom.